The zero-order valence-corrected chi connectivity index (χ0v) is 8.25. The summed E-state index contributed by atoms with van der Waals surface area (Å²) in [5.74, 6) is 0.0808. The molecule has 1 aliphatic heterocycles. The third kappa shape index (κ3) is 3.74. The second-order valence-corrected chi connectivity index (χ2v) is 3.61. The van der Waals surface area contributed by atoms with Gasteiger partial charge in [0.15, 0.2) is 0 Å². The van der Waals surface area contributed by atoms with E-state index in [4.69, 9.17) is 5.73 Å². The lowest BCUT2D eigenvalue weighted by atomic mass is 10.1. The van der Waals surface area contributed by atoms with Crippen LogP contribution in [0.15, 0.2) is 0 Å². The van der Waals surface area contributed by atoms with Crippen molar-refractivity contribution in [1.29, 1.82) is 0 Å². The molecule has 0 radical (unpaired) electrons. The molecule has 1 saturated heterocycles. The van der Waals surface area contributed by atoms with Crippen LogP contribution in [-0.2, 0) is 4.79 Å². The van der Waals surface area contributed by atoms with Crippen molar-refractivity contribution >= 4 is 5.91 Å². The summed E-state index contributed by atoms with van der Waals surface area (Å²) in [4.78, 5) is 13.1. The fraction of sp³-hybridized carbons (Fsp3) is 0.889. The largest absolute Gasteiger partial charge is 0.354 e. The number of rotatable bonds is 3. The molecule has 0 aromatic carbocycles. The van der Waals surface area contributed by atoms with Gasteiger partial charge in [-0.3, -0.25) is 4.79 Å². The lowest BCUT2D eigenvalue weighted by molar-refractivity contribution is -0.119. The van der Waals surface area contributed by atoms with Crippen LogP contribution >= 0.6 is 0 Å². The molecule has 4 nitrogen and oxygen atoms in total. The Bertz CT molecular complexity index is 164. The third-order valence-corrected chi connectivity index (χ3v) is 2.44. The van der Waals surface area contributed by atoms with E-state index in [0.717, 1.165) is 39.0 Å². The molecular formula is C9H19N3O. The minimum atomic E-state index is 0.0808. The van der Waals surface area contributed by atoms with Gasteiger partial charge in [0.05, 0.1) is 0 Å². The van der Waals surface area contributed by atoms with Crippen LogP contribution in [0.5, 0.6) is 0 Å². The minimum Gasteiger partial charge on any atom is -0.354 e. The van der Waals surface area contributed by atoms with Gasteiger partial charge in [0.1, 0.15) is 0 Å². The number of piperidine rings is 1. The summed E-state index contributed by atoms with van der Waals surface area (Å²) in [6, 6.07) is 0.381. The summed E-state index contributed by atoms with van der Waals surface area (Å²) < 4.78 is 0. The van der Waals surface area contributed by atoms with Gasteiger partial charge in [0.2, 0.25) is 5.91 Å². The Labute approximate surface area is 79.5 Å². The lowest BCUT2D eigenvalue weighted by Gasteiger charge is -2.31. The molecule has 0 saturated carbocycles. The van der Waals surface area contributed by atoms with Gasteiger partial charge >= 0.3 is 0 Å². The Kier molecular flexibility index (Phi) is 4.18. The number of likely N-dealkylation sites (tertiary alicyclic amines) is 1. The molecule has 0 spiro atoms. The van der Waals surface area contributed by atoms with E-state index in [9.17, 15) is 4.79 Å². The topological polar surface area (TPSA) is 58.4 Å². The first-order valence-corrected chi connectivity index (χ1v) is 4.92. The van der Waals surface area contributed by atoms with Gasteiger partial charge in [0, 0.05) is 39.1 Å². The molecule has 1 aliphatic rings. The number of carbonyl (C=O) groups excluding carboxylic acids is 1. The van der Waals surface area contributed by atoms with Crippen molar-refractivity contribution in [2.75, 3.05) is 26.2 Å². The van der Waals surface area contributed by atoms with Crippen molar-refractivity contribution in [1.82, 2.24) is 10.2 Å². The first kappa shape index (κ1) is 10.5. The van der Waals surface area contributed by atoms with Crippen molar-refractivity contribution in [3.05, 3.63) is 0 Å². The second kappa shape index (κ2) is 5.19. The molecule has 1 amide bonds. The number of nitrogens with one attached hydrogen (secondary N) is 1. The van der Waals surface area contributed by atoms with Gasteiger partial charge < -0.3 is 16.0 Å². The van der Waals surface area contributed by atoms with E-state index < -0.39 is 0 Å². The number of nitrogens with two attached hydrogens (primary N) is 1. The Hall–Kier alpha value is -0.610. The minimum absolute atomic E-state index is 0.0808. The highest BCUT2D eigenvalue weighted by Crippen LogP contribution is 2.09. The van der Waals surface area contributed by atoms with Crippen molar-refractivity contribution in [3.8, 4) is 0 Å². The van der Waals surface area contributed by atoms with Crippen LogP contribution in [0.1, 0.15) is 19.8 Å². The molecule has 4 heteroatoms. The second-order valence-electron chi connectivity index (χ2n) is 3.61. The van der Waals surface area contributed by atoms with Crippen molar-refractivity contribution < 1.29 is 4.79 Å². The van der Waals surface area contributed by atoms with Crippen LogP contribution in [0.3, 0.4) is 0 Å². The van der Waals surface area contributed by atoms with E-state index in [1.165, 1.54) is 0 Å². The predicted molar refractivity (Wildman–Crippen MR) is 52.3 cm³/mol. The van der Waals surface area contributed by atoms with Gasteiger partial charge in [-0.1, -0.05) is 0 Å². The number of carbonyl (C=O) groups is 1. The lowest BCUT2D eigenvalue weighted by Crippen LogP contribution is -2.45. The monoisotopic (exact) mass is 185 g/mol. The van der Waals surface area contributed by atoms with E-state index in [-0.39, 0.29) is 5.91 Å². The van der Waals surface area contributed by atoms with Crippen molar-refractivity contribution in [2.24, 2.45) is 5.73 Å². The average Bonchev–Trinajstić information content (AvgIpc) is 2.08. The van der Waals surface area contributed by atoms with Crippen LogP contribution in [0, 0.1) is 0 Å². The summed E-state index contributed by atoms with van der Waals surface area (Å²) >= 11 is 0. The summed E-state index contributed by atoms with van der Waals surface area (Å²) in [5, 5.41) is 2.95. The van der Waals surface area contributed by atoms with E-state index >= 15 is 0 Å². The van der Waals surface area contributed by atoms with Crippen molar-refractivity contribution in [2.45, 2.75) is 25.8 Å². The van der Waals surface area contributed by atoms with Gasteiger partial charge in [-0.15, -0.1) is 0 Å². The molecule has 0 aromatic heterocycles. The van der Waals surface area contributed by atoms with E-state index in [1.807, 2.05) is 0 Å². The number of hydrogen-bond acceptors (Lipinski definition) is 3. The van der Waals surface area contributed by atoms with Gasteiger partial charge in [0.25, 0.3) is 0 Å². The maximum absolute atomic E-state index is 10.8. The smallest absolute Gasteiger partial charge is 0.217 e. The van der Waals surface area contributed by atoms with Crippen LogP contribution < -0.4 is 11.1 Å². The third-order valence-electron chi connectivity index (χ3n) is 2.44. The van der Waals surface area contributed by atoms with Gasteiger partial charge in [-0.05, 0) is 12.8 Å². The van der Waals surface area contributed by atoms with Crippen LogP contribution in [0.25, 0.3) is 0 Å². The molecule has 1 fully saturated rings. The number of hydrogen-bond donors (Lipinski definition) is 2. The summed E-state index contributed by atoms with van der Waals surface area (Å²) in [7, 11) is 0. The fourth-order valence-electron chi connectivity index (χ4n) is 1.77. The maximum atomic E-state index is 10.8. The molecule has 1 rings (SSSR count). The Morgan fingerprint density at radius 2 is 2.15 bits per heavy atom. The molecule has 3 N–H and O–H groups in total. The average molecular weight is 185 g/mol. The van der Waals surface area contributed by atoms with E-state index in [0.29, 0.717) is 6.04 Å². The molecule has 0 atom stereocenters. The highest BCUT2D eigenvalue weighted by molar-refractivity contribution is 5.73. The summed E-state index contributed by atoms with van der Waals surface area (Å²) in [5.41, 5.74) is 5.46. The highest BCUT2D eigenvalue weighted by atomic mass is 16.1. The molecule has 76 valence electrons. The molecule has 13 heavy (non-hydrogen) atoms. The standard InChI is InChI=1S/C9H19N3O/c1-8(13)11-9-2-5-12(6-3-9)7-4-10/h9H,2-7,10H2,1H3,(H,11,13). The zero-order valence-electron chi connectivity index (χ0n) is 8.25. The fourth-order valence-corrected chi connectivity index (χ4v) is 1.77. The number of nitrogens with zero attached hydrogens (tertiary/aromatic N) is 1. The maximum Gasteiger partial charge on any atom is 0.217 e. The predicted octanol–water partition coefficient (Wildman–Crippen LogP) is -0.454. The molecule has 0 bridgehead atoms. The summed E-state index contributed by atoms with van der Waals surface area (Å²) in [6.07, 6.45) is 2.11. The van der Waals surface area contributed by atoms with E-state index in [2.05, 4.69) is 10.2 Å². The zero-order chi connectivity index (χ0) is 9.68. The van der Waals surface area contributed by atoms with Crippen LogP contribution in [0.4, 0.5) is 0 Å². The quantitative estimate of drug-likeness (QED) is 0.626. The highest BCUT2D eigenvalue weighted by Gasteiger charge is 2.18. The molecular weight excluding hydrogens is 166 g/mol. The van der Waals surface area contributed by atoms with Crippen molar-refractivity contribution in [3.63, 3.8) is 0 Å². The summed E-state index contributed by atoms with van der Waals surface area (Å²) in [6.45, 7) is 5.40. The molecule has 0 aromatic rings. The Morgan fingerprint density at radius 1 is 1.54 bits per heavy atom. The Balaban J connectivity index is 2.18. The normalized spacial score (nSPS) is 20.2. The Morgan fingerprint density at radius 3 is 2.62 bits per heavy atom. The molecule has 1 heterocycles. The first-order valence-electron chi connectivity index (χ1n) is 4.92. The molecule has 0 aliphatic carbocycles. The van der Waals surface area contributed by atoms with Crippen LogP contribution in [0.2, 0.25) is 0 Å². The van der Waals surface area contributed by atoms with E-state index in [1.54, 1.807) is 6.92 Å². The SMILES string of the molecule is CC(=O)NC1CCN(CCN)CC1. The molecule has 0 unspecified atom stereocenters. The van der Waals surface area contributed by atoms with Gasteiger partial charge in [-0.25, -0.2) is 0 Å². The van der Waals surface area contributed by atoms with Gasteiger partial charge in [-0.2, -0.15) is 0 Å². The first-order chi connectivity index (χ1) is 6.22. The van der Waals surface area contributed by atoms with Crippen LogP contribution in [-0.4, -0.2) is 43.0 Å². The number of amides is 1.